The minimum Gasteiger partial charge on any atom is -0.394 e. The zero-order valence-electron chi connectivity index (χ0n) is 9.85. The van der Waals surface area contributed by atoms with E-state index in [1.54, 1.807) is 0 Å². The van der Waals surface area contributed by atoms with Gasteiger partial charge in [-0.05, 0) is 31.8 Å². The molecule has 4 heteroatoms. The summed E-state index contributed by atoms with van der Waals surface area (Å²) in [7, 11) is 4.06. The molecule has 0 aliphatic rings. The Morgan fingerprint density at radius 2 is 1.88 bits per heavy atom. The molecule has 0 aliphatic heterocycles. The van der Waals surface area contributed by atoms with E-state index in [0.717, 1.165) is 12.2 Å². The number of nitrogens with zero attached hydrogens (tertiary/aromatic N) is 1. The van der Waals surface area contributed by atoms with Gasteiger partial charge in [0.05, 0.1) is 12.7 Å². The quantitative estimate of drug-likeness (QED) is 0.659. The van der Waals surface area contributed by atoms with E-state index in [1.807, 2.05) is 38.4 Å². The third kappa shape index (κ3) is 4.61. The van der Waals surface area contributed by atoms with Gasteiger partial charge in [0.1, 0.15) is 0 Å². The van der Waals surface area contributed by atoms with E-state index in [9.17, 15) is 5.11 Å². The second kappa shape index (κ2) is 6.48. The first kappa shape index (κ1) is 13.0. The van der Waals surface area contributed by atoms with Gasteiger partial charge in [0, 0.05) is 18.8 Å². The van der Waals surface area contributed by atoms with Crippen LogP contribution in [0.4, 0.5) is 5.69 Å². The number of aliphatic hydroxyl groups excluding tert-OH is 2. The van der Waals surface area contributed by atoms with Crippen LogP contribution in [0.5, 0.6) is 0 Å². The van der Waals surface area contributed by atoms with Crippen molar-refractivity contribution in [3.8, 4) is 0 Å². The number of aliphatic hydroxyl groups is 2. The fourth-order valence-electron chi connectivity index (χ4n) is 1.39. The summed E-state index contributed by atoms with van der Waals surface area (Å²) in [4.78, 5) is 2.11. The summed E-state index contributed by atoms with van der Waals surface area (Å²) in [6, 6.07) is 8.05. The van der Waals surface area contributed by atoms with E-state index < -0.39 is 6.10 Å². The second-order valence-corrected chi connectivity index (χ2v) is 4.15. The number of hydrogen-bond donors (Lipinski definition) is 3. The van der Waals surface area contributed by atoms with Gasteiger partial charge in [-0.15, -0.1) is 0 Å². The van der Waals surface area contributed by atoms with Gasteiger partial charge in [0.25, 0.3) is 0 Å². The van der Waals surface area contributed by atoms with E-state index in [0.29, 0.717) is 6.54 Å². The summed E-state index contributed by atoms with van der Waals surface area (Å²) in [5.41, 5.74) is 2.20. The van der Waals surface area contributed by atoms with E-state index in [2.05, 4.69) is 10.2 Å². The standard InChI is InChI=1S/C12H20N2O2/c1-14(2)8-10-3-5-11(6-4-10)13-7-12(16)9-15/h3-6,12-13,15-16H,7-9H2,1-2H3. The zero-order valence-corrected chi connectivity index (χ0v) is 9.85. The third-order valence-electron chi connectivity index (χ3n) is 2.21. The summed E-state index contributed by atoms with van der Waals surface area (Å²) < 4.78 is 0. The van der Waals surface area contributed by atoms with Crippen molar-refractivity contribution in [2.24, 2.45) is 0 Å². The lowest BCUT2D eigenvalue weighted by Crippen LogP contribution is -2.22. The van der Waals surface area contributed by atoms with E-state index in [-0.39, 0.29) is 6.61 Å². The molecule has 90 valence electrons. The van der Waals surface area contributed by atoms with Crippen molar-refractivity contribution in [3.63, 3.8) is 0 Å². The lowest BCUT2D eigenvalue weighted by molar-refractivity contribution is 0.105. The molecule has 0 aromatic heterocycles. The summed E-state index contributed by atoms with van der Waals surface area (Å²) in [6.45, 7) is 1.06. The van der Waals surface area contributed by atoms with Crippen molar-refractivity contribution < 1.29 is 10.2 Å². The molecule has 0 saturated heterocycles. The average molecular weight is 224 g/mol. The Labute approximate surface area is 96.5 Å². The molecule has 1 aromatic carbocycles. The van der Waals surface area contributed by atoms with E-state index in [4.69, 9.17) is 5.11 Å². The van der Waals surface area contributed by atoms with Gasteiger partial charge >= 0.3 is 0 Å². The molecule has 1 atom stereocenters. The summed E-state index contributed by atoms with van der Waals surface area (Å²) >= 11 is 0. The van der Waals surface area contributed by atoms with Crippen LogP contribution < -0.4 is 5.32 Å². The average Bonchev–Trinajstić information content (AvgIpc) is 2.27. The Balaban J connectivity index is 2.45. The van der Waals surface area contributed by atoms with Crippen LogP contribution in [0.2, 0.25) is 0 Å². The van der Waals surface area contributed by atoms with Crippen molar-refractivity contribution in [3.05, 3.63) is 29.8 Å². The first-order valence-electron chi connectivity index (χ1n) is 5.38. The maximum Gasteiger partial charge on any atom is 0.0942 e. The van der Waals surface area contributed by atoms with Crippen molar-refractivity contribution in [1.82, 2.24) is 4.90 Å². The van der Waals surface area contributed by atoms with E-state index >= 15 is 0 Å². The molecule has 1 rings (SSSR count). The highest BCUT2D eigenvalue weighted by Gasteiger charge is 2.01. The topological polar surface area (TPSA) is 55.7 Å². The normalized spacial score (nSPS) is 12.8. The highest BCUT2D eigenvalue weighted by Crippen LogP contribution is 2.10. The molecule has 0 aliphatic carbocycles. The number of nitrogens with one attached hydrogen (secondary N) is 1. The molecule has 0 fully saturated rings. The first-order valence-corrected chi connectivity index (χ1v) is 5.38. The van der Waals surface area contributed by atoms with Gasteiger partial charge in [-0.25, -0.2) is 0 Å². The molecule has 1 aromatic rings. The van der Waals surface area contributed by atoms with Crippen LogP contribution in [0.15, 0.2) is 24.3 Å². The van der Waals surface area contributed by atoms with Crippen molar-refractivity contribution in [2.45, 2.75) is 12.6 Å². The van der Waals surface area contributed by atoms with Gasteiger partial charge in [-0.3, -0.25) is 0 Å². The molecule has 0 saturated carbocycles. The van der Waals surface area contributed by atoms with Gasteiger partial charge in [0.15, 0.2) is 0 Å². The minimum absolute atomic E-state index is 0.217. The summed E-state index contributed by atoms with van der Waals surface area (Å²) in [5, 5.41) is 20.9. The number of hydrogen-bond acceptors (Lipinski definition) is 4. The van der Waals surface area contributed by atoms with Crippen LogP contribution in [0.1, 0.15) is 5.56 Å². The van der Waals surface area contributed by atoms with Crippen LogP contribution in [0, 0.1) is 0 Å². The SMILES string of the molecule is CN(C)Cc1ccc(NCC(O)CO)cc1. The molecular formula is C12H20N2O2. The second-order valence-electron chi connectivity index (χ2n) is 4.15. The smallest absolute Gasteiger partial charge is 0.0942 e. The monoisotopic (exact) mass is 224 g/mol. The minimum atomic E-state index is -0.707. The van der Waals surface area contributed by atoms with Crippen molar-refractivity contribution >= 4 is 5.69 Å². The molecule has 16 heavy (non-hydrogen) atoms. The lowest BCUT2D eigenvalue weighted by Gasteiger charge is -2.12. The molecule has 0 radical (unpaired) electrons. The Hall–Kier alpha value is -1.10. The highest BCUT2D eigenvalue weighted by molar-refractivity contribution is 5.44. The fraction of sp³-hybridized carbons (Fsp3) is 0.500. The molecule has 0 heterocycles. The third-order valence-corrected chi connectivity index (χ3v) is 2.21. The Kier molecular flexibility index (Phi) is 5.25. The first-order chi connectivity index (χ1) is 7.61. The maximum absolute atomic E-state index is 9.17. The Bertz CT molecular complexity index is 298. The Morgan fingerprint density at radius 1 is 1.25 bits per heavy atom. The van der Waals surface area contributed by atoms with Crippen LogP contribution in [0.3, 0.4) is 0 Å². The molecule has 0 amide bonds. The number of benzene rings is 1. The molecule has 0 spiro atoms. The van der Waals surface area contributed by atoms with Gasteiger partial charge in [0.2, 0.25) is 0 Å². The van der Waals surface area contributed by atoms with Crippen LogP contribution in [-0.2, 0) is 6.54 Å². The molecule has 0 bridgehead atoms. The lowest BCUT2D eigenvalue weighted by atomic mass is 10.2. The van der Waals surface area contributed by atoms with Crippen LogP contribution >= 0.6 is 0 Å². The Morgan fingerprint density at radius 3 is 2.38 bits per heavy atom. The van der Waals surface area contributed by atoms with Gasteiger partial charge in [-0.1, -0.05) is 12.1 Å². The molecule has 1 unspecified atom stereocenters. The summed E-state index contributed by atoms with van der Waals surface area (Å²) in [6.07, 6.45) is -0.707. The van der Waals surface area contributed by atoms with Gasteiger partial charge in [-0.2, -0.15) is 0 Å². The number of anilines is 1. The largest absolute Gasteiger partial charge is 0.394 e. The summed E-state index contributed by atoms with van der Waals surface area (Å²) in [5.74, 6) is 0. The zero-order chi connectivity index (χ0) is 12.0. The van der Waals surface area contributed by atoms with Crippen LogP contribution in [-0.4, -0.2) is 48.5 Å². The highest BCUT2D eigenvalue weighted by atomic mass is 16.3. The predicted octanol–water partition coefficient (Wildman–Crippen LogP) is 0.513. The molecule has 3 N–H and O–H groups in total. The molecule has 4 nitrogen and oxygen atoms in total. The fourth-order valence-corrected chi connectivity index (χ4v) is 1.39. The van der Waals surface area contributed by atoms with Crippen molar-refractivity contribution in [1.29, 1.82) is 0 Å². The van der Waals surface area contributed by atoms with Gasteiger partial charge < -0.3 is 20.4 Å². The van der Waals surface area contributed by atoms with Crippen LogP contribution in [0.25, 0.3) is 0 Å². The number of rotatable bonds is 6. The predicted molar refractivity (Wildman–Crippen MR) is 65.4 cm³/mol. The van der Waals surface area contributed by atoms with E-state index in [1.165, 1.54) is 5.56 Å². The molecular weight excluding hydrogens is 204 g/mol. The maximum atomic E-state index is 9.17. The van der Waals surface area contributed by atoms with Crippen molar-refractivity contribution in [2.75, 3.05) is 32.6 Å².